The minimum Gasteiger partial charge on any atom is -0.495 e. The second-order valence-electron chi connectivity index (χ2n) is 2.85. The summed E-state index contributed by atoms with van der Waals surface area (Å²) in [7, 11) is -2.24. The van der Waals surface area contributed by atoms with Crippen molar-refractivity contribution >= 4 is 27.8 Å². The van der Waals surface area contributed by atoms with Crippen molar-refractivity contribution in [2.24, 2.45) is 5.10 Å². The van der Waals surface area contributed by atoms with E-state index in [2.05, 4.69) is 5.10 Å². The van der Waals surface area contributed by atoms with Crippen LogP contribution in [0.15, 0.2) is 22.1 Å². The highest BCUT2D eigenvalue weighted by Crippen LogP contribution is 2.34. The molecule has 2 rings (SSSR count). The average Bonchev–Trinajstić information content (AvgIpc) is 2.17. The van der Waals surface area contributed by atoms with Crippen molar-refractivity contribution in [2.75, 3.05) is 7.11 Å². The molecule has 0 amide bonds. The van der Waals surface area contributed by atoms with Crippen LogP contribution < -0.4 is 9.57 Å². The molecule has 1 heterocycles. The van der Waals surface area contributed by atoms with Crippen LogP contribution in [0.5, 0.6) is 5.75 Å². The van der Waals surface area contributed by atoms with Crippen LogP contribution >= 0.6 is 11.6 Å². The first-order valence-electron chi connectivity index (χ1n) is 3.97. The molecule has 7 heteroatoms. The monoisotopic (exact) mass is 246 g/mol. The standard InChI is InChI=1S/C8H7ClN2O3S/c1-14-6-3-2-5-4-10-11-15(12,13)8(5)7(6)9/h2-4,11H,1H3. The van der Waals surface area contributed by atoms with Gasteiger partial charge in [0.25, 0.3) is 10.0 Å². The van der Waals surface area contributed by atoms with E-state index in [9.17, 15) is 8.42 Å². The molecular weight excluding hydrogens is 240 g/mol. The summed E-state index contributed by atoms with van der Waals surface area (Å²) in [5, 5.41) is 3.57. The number of rotatable bonds is 1. The molecule has 1 aliphatic heterocycles. The molecule has 0 saturated carbocycles. The summed E-state index contributed by atoms with van der Waals surface area (Å²) in [4.78, 5) is 2.01. The van der Waals surface area contributed by atoms with Crippen molar-refractivity contribution in [1.29, 1.82) is 0 Å². The van der Waals surface area contributed by atoms with Crippen LogP contribution in [0.4, 0.5) is 0 Å². The lowest BCUT2D eigenvalue weighted by Gasteiger charge is -2.14. The normalized spacial score (nSPS) is 16.7. The average molecular weight is 247 g/mol. The van der Waals surface area contributed by atoms with Crippen LogP contribution in [0.25, 0.3) is 0 Å². The second-order valence-corrected chi connectivity index (χ2v) is 4.83. The van der Waals surface area contributed by atoms with Crippen molar-refractivity contribution in [3.63, 3.8) is 0 Å². The molecule has 0 fully saturated rings. The molecule has 5 nitrogen and oxygen atoms in total. The van der Waals surface area contributed by atoms with E-state index in [0.29, 0.717) is 11.3 Å². The Balaban J connectivity index is 2.80. The number of hydrogen-bond donors (Lipinski definition) is 1. The van der Waals surface area contributed by atoms with Gasteiger partial charge in [-0.05, 0) is 12.1 Å². The van der Waals surface area contributed by atoms with Crippen LogP contribution in [0.3, 0.4) is 0 Å². The van der Waals surface area contributed by atoms with Gasteiger partial charge in [0.1, 0.15) is 15.7 Å². The van der Waals surface area contributed by atoms with Crippen LogP contribution in [-0.4, -0.2) is 21.7 Å². The molecular formula is C8H7ClN2O3S. The second kappa shape index (κ2) is 3.39. The molecule has 0 radical (unpaired) electrons. The number of sulfonamides is 1. The molecule has 1 aromatic rings. The molecule has 15 heavy (non-hydrogen) atoms. The van der Waals surface area contributed by atoms with Gasteiger partial charge in [-0.25, -0.2) is 0 Å². The maximum Gasteiger partial charge on any atom is 0.278 e. The number of hydrazone groups is 1. The van der Waals surface area contributed by atoms with Gasteiger partial charge in [0.05, 0.1) is 13.3 Å². The van der Waals surface area contributed by atoms with Gasteiger partial charge >= 0.3 is 0 Å². The number of hydrogen-bond acceptors (Lipinski definition) is 4. The SMILES string of the molecule is COc1ccc2c(c1Cl)S(=O)(=O)NN=C2. The van der Waals surface area contributed by atoms with Crippen molar-refractivity contribution in [3.8, 4) is 5.75 Å². The molecule has 1 aliphatic rings. The summed E-state index contributed by atoms with van der Waals surface area (Å²) >= 11 is 5.91. The van der Waals surface area contributed by atoms with Crippen molar-refractivity contribution < 1.29 is 13.2 Å². The Hall–Kier alpha value is -1.27. The minimum absolute atomic E-state index is 0.00137. The highest BCUT2D eigenvalue weighted by atomic mass is 35.5. The molecule has 0 aliphatic carbocycles. The van der Waals surface area contributed by atoms with E-state index in [0.717, 1.165) is 0 Å². The first kappa shape index (κ1) is 10.3. The zero-order valence-corrected chi connectivity index (χ0v) is 9.26. The summed E-state index contributed by atoms with van der Waals surface area (Å²) < 4.78 is 28.1. The Kier molecular flexibility index (Phi) is 2.32. The van der Waals surface area contributed by atoms with E-state index in [1.54, 1.807) is 12.1 Å². The van der Waals surface area contributed by atoms with Gasteiger partial charge in [-0.1, -0.05) is 11.6 Å². The summed E-state index contributed by atoms with van der Waals surface area (Å²) in [6, 6.07) is 3.18. The largest absolute Gasteiger partial charge is 0.495 e. The number of methoxy groups -OCH3 is 1. The topological polar surface area (TPSA) is 67.8 Å². The third-order valence-corrected chi connectivity index (χ3v) is 3.77. The van der Waals surface area contributed by atoms with E-state index in [4.69, 9.17) is 16.3 Å². The molecule has 0 bridgehead atoms. The van der Waals surface area contributed by atoms with Gasteiger partial charge in [-0.15, -0.1) is 0 Å². The smallest absolute Gasteiger partial charge is 0.278 e. The fourth-order valence-electron chi connectivity index (χ4n) is 1.30. The lowest BCUT2D eigenvalue weighted by molar-refractivity contribution is 0.413. The molecule has 0 atom stereocenters. The number of nitrogens with one attached hydrogen (secondary N) is 1. The van der Waals surface area contributed by atoms with Crippen LogP contribution in [0, 0.1) is 0 Å². The summed E-state index contributed by atoms with van der Waals surface area (Å²) in [6.07, 6.45) is 1.39. The molecule has 0 spiro atoms. The van der Waals surface area contributed by atoms with E-state index in [1.807, 2.05) is 4.83 Å². The predicted octanol–water partition coefficient (Wildman–Crippen LogP) is 0.974. The molecule has 1 aromatic carbocycles. The van der Waals surface area contributed by atoms with Gasteiger partial charge in [0.15, 0.2) is 0 Å². The van der Waals surface area contributed by atoms with E-state index < -0.39 is 10.0 Å². The Morgan fingerprint density at radius 2 is 2.20 bits per heavy atom. The Labute approximate surface area is 91.7 Å². The first-order chi connectivity index (χ1) is 7.06. The number of ether oxygens (including phenoxy) is 1. The molecule has 80 valence electrons. The quantitative estimate of drug-likeness (QED) is 0.803. The summed E-state index contributed by atoms with van der Waals surface area (Å²) in [5.74, 6) is 0.316. The van der Waals surface area contributed by atoms with Crippen molar-refractivity contribution in [3.05, 3.63) is 22.7 Å². The van der Waals surface area contributed by atoms with Gasteiger partial charge in [0.2, 0.25) is 0 Å². The van der Waals surface area contributed by atoms with Gasteiger partial charge in [0, 0.05) is 5.56 Å². The van der Waals surface area contributed by atoms with E-state index >= 15 is 0 Å². The minimum atomic E-state index is -3.67. The fraction of sp³-hybridized carbons (Fsp3) is 0.125. The summed E-state index contributed by atoms with van der Waals surface area (Å²) in [5.41, 5.74) is 0.444. The van der Waals surface area contributed by atoms with Crippen molar-refractivity contribution in [2.45, 2.75) is 4.90 Å². The first-order valence-corrected chi connectivity index (χ1v) is 5.84. The molecule has 1 N–H and O–H groups in total. The van der Waals surface area contributed by atoms with Gasteiger partial charge in [-0.3, -0.25) is 0 Å². The number of halogens is 1. The zero-order chi connectivity index (χ0) is 11.1. The van der Waals surface area contributed by atoms with Gasteiger partial charge < -0.3 is 4.74 Å². The van der Waals surface area contributed by atoms with Crippen LogP contribution in [-0.2, 0) is 10.0 Å². The Bertz CT molecular complexity index is 539. The molecule has 0 saturated heterocycles. The number of fused-ring (bicyclic) bond motifs is 1. The maximum absolute atomic E-state index is 11.6. The van der Waals surface area contributed by atoms with Gasteiger partial charge in [-0.2, -0.15) is 18.4 Å². The zero-order valence-electron chi connectivity index (χ0n) is 7.69. The highest BCUT2D eigenvalue weighted by Gasteiger charge is 2.26. The highest BCUT2D eigenvalue weighted by molar-refractivity contribution is 7.89. The molecule has 0 aromatic heterocycles. The predicted molar refractivity (Wildman–Crippen MR) is 55.9 cm³/mol. The van der Waals surface area contributed by atoms with Crippen molar-refractivity contribution in [1.82, 2.24) is 4.83 Å². The third-order valence-electron chi connectivity index (χ3n) is 1.96. The number of nitrogens with zero attached hydrogens (tertiary/aromatic N) is 1. The molecule has 0 unspecified atom stereocenters. The third kappa shape index (κ3) is 1.55. The van der Waals surface area contributed by atoms with E-state index in [1.165, 1.54) is 13.3 Å². The van der Waals surface area contributed by atoms with Crippen LogP contribution in [0.1, 0.15) is 5.56 Å². The maximum atomic E-state index is 11.6. The summed E-state index contributed by atoms with van der Waals surface area (Å²) in [6.45, 7) is 0. The lowest BCUT2D eigenvalue weighted by Crippen LogP contribution is -2.24. The number of benzene rings is 1. The lowest BCUT2D eigenvalue weighted by atomic mass is 10.2. The fourth-order valence-corrected chi connectivity index (χ4v) is 2.90. The Morgan fingerprint density at radius 1 is 1.47 bits per heavy atom. The van der Waals surface area contributed by atoms with E-state index in [-0.39, 0.29) is 9.92 Å². The Morgan fingerprint density at radius 3 is 2.87 bits per heavy atom. The van der Waals surface area contributed by atoms with Crippen LogP contribution in [0.2, 0.25) is 5.02 Å².